The van der Waals surface area contributed by atoms with Crippen molar-refractivity contribution in [3.8, 4) is 6.07 Å². The number of nitrogens with two attached hydrogens (primary N) is 1. The van der Waals surface area contributed by atoms with Crippen LogP contribution in [0, 0.1) is 18.3 Å². The fourth-order valence-electron chi connectivity index (χ4n) is 4.27. The molecule has 0 saturated heterocycles. The van der Waals surface area contributed by atoms with Crippen LogP contribution in [-0.2, 0) is 13.3 Å². The van der Waals surface area contributed by atoms with Crippen molar-refractivity contribution in [1.29, 1.82) is 5.26 Å². The number of nitrogens with one attached hydrogen (secondary N) is 2. The number of nitrogens with zero attached hydrogens (tertiary/aromatic N) is 1. The normalized spacial score (nSPS) is 13.4. The van der Waals surface area contributed by atoms with Crippen LogP contribution in [0.15, 0.2) is 47.7 Å². The zero-order chi connectivity index (χ0) is 27.0. The fourth-order valence-corrected chi connectivity index (χ4v) is 6.88. The number of ketones is 2. The third-order valence-electron chi connectivity index (χ3n) is 5.89. The summed E-state index contributed by atoms with van der Waals surface area (Å²) >= 11 is 0. The maximum atomic E-state index is 13.7. The van der Waals surface area contributed by atoms with E-state index in [-0.39, 0.29) is 28.1 Å². The van der Waals surface area contributed by atoms with Crippen molar-refractivity contribution in [3.63, 3.8) is 0 Å². The van der Waals surface area contributed by atoms with Gasteiger partial charge in [-0.1, -0.05) is 17.7 Å². The minimum atomic E-state index is -2.86. The van der Waals surface area contributed by atoms with Gasteiger partial charge in [-0.25, -0.2) is 0 Å². The van der Waals surface area contributed by atoms with E-state index in [1.165, 1.54) is 0 Å². The number of fused-ring (bicyclic) bond motifs is 1. The molecule has 196 valence electrons. The second-order valence-corrected chi connectivity index (χ2v) is 11.2. The second kappa shape index (κ2) is 12.6. The molecule has 0 radical (unpaired) electrons. The molecule has 0 fully saturated rings. The molecule has 3 rings (SSSR count). The van der Waals surface area contributed by atoms with Gasteiger partial charge in [0.05, 0.1) is 16.8 Å². The Morgan fingerprint density at radius 1 is 0.919 bits per heavy atom. The Bertz CT molecular complexity index is 1200. The van der Waals surface area contributed by atoms with E-state index < -0.39 is 20.4 Å². The van der Waals surface area contributed by atoms with Crippen LogP contribution in [0.1, 0.15) is 53.5 Å². The molecule has 9 nitrogen and oxygen atoms in total. The van der Waals surface area contributed by atoms with Crippen LogP contribution in [0.4, 0.5) is 17.1 Å². The van der Waals surface area contributed by atoms with E-state index in [1.54, 1.807) is 12.1 Å². The van der Waals surface area contributed by atoms with Crippen molar-refractivity contribution in [2.45, 2.75) is 40.2 Å². The third kappa shape index (κ3) is 6.26. The number of benzene rings is 2. The van der Waals surface area contributed by atoms with Crippen molar-refractivity contribution < 1.29 is 22.9 Å². The Balaban J connectivity index is 1.86. The molecule has 10 heteroatoms. The Kier molecular flexibility index (Phi) is 9.60. The molecule has 0 amide bonds. The monoisotopic (exact) mass is 522 g/mol. The Labute approximate surface area is 219 Å². The third-order valence-corrected chi connectivity index (χ3v) is 9.04. The van der Waals surface area contributed by atoms with Crippen LogP contribution in [-0.4, -0.2) is 46.7 Å². The highest BCUT2D eigenvalue weighted by molar-refractivity contribution is 6.60. The molecular weight excluding hydrogens is 488 g/mol. The number of Topliss-reactive ketones (excluding diaryl/α,β-unsaturated/α-hetero) is 2. The molecule has 0 saturated carbocycles. The van der Waals surface area contributed by atoms with Crippen LogP contribution in [0.5, 0.6) is 0 Å². The number of carbonyl (C=O) groups is 2. The molecule has 0 atom stereocenters. The summed E-state index contributed by atoms with van der Waals surface area (Å²) in [5.74, 6) is -1.04. The van der Waals surface area contributed by atoms with Crippen LogP contribution in [0.3, 0.4) is 0 Å². The van der Waals surface area contributed by atoms with E-state index in [1.807, 2.05) is 58.0 Å². The molecule has 1 aliphatic rings. The topological polar surface area (TPSA) is 136 Å². The summed E-state index contributed by atoms with van der Waals surface area (Å²) in [6.45, 7) is 9.36. The first-order valence-corrected chi connectivity index (χ1v) is 14.4. The number of hydrogen-bond donors (Lipinski definition) is 3. The van der Waals surface area contributed by atoms with Crippen molar-refractivity contribution in [2.75, 3.05) is 37.4 Å². The van der Waals surface area contributed by atoms with Crippen molar-refractivity contribution in [1.82, 2.24) is 5.32 Å². The van der Waals surface area contributed by atoms with Gasteiger partial charge in [0.15, 0.2) is 0 Å². The predicted octanol–water partition coefficient (Wildman–Crippen LogP) is 4.51. The average Bonchev–Trinajstić information content (AvgIpc) is 2.87. The SMILES string of the molecule is CCO[Si](CCCNC1=C(C#N)C(=O)c2c(N)ccc(Nc3ccc(C)cc3)c2C1=O)(OCC)OCC. The average molecular weight is 523 g/mol. The lowest BCUT2D eigenvalue weighted by atomic mass is 9.85. The van der Waals surface area contributed by atoms with Crippen molar-refractivity contribution in [2.24, 2.45) is 0 Å². The molecular formula is C27H34N4O5Si. The maximum absolute atomic E-state index is 13.7. The largest absolute Gasteiger partial charge is 0.500 e. The number of hydrogen-bond acceptors (Lipinski definition) is 9. The lowest BCUT2D eigenvalue weighted by Gasteiger charge is -2.28. The Morgan fingerprint density at radius 2 is 1.54 bits per heavy atom. The van der Waals surface area contributed by atoms with Gasteiger partial charge in [0.2, 0.25) is 11.6 Å². The molecule has 0 bridgehead atoms. The second-order valence-electron chi connectivity index (χ2n) is 8.48. The summed E-state index contributed by atoms with van der Waals surface area (Å²) in [5, 5.41) is 16.0. The van der Waals surface area contributed by atoms with E-state index in [0.717, 1.165) is 11.3 Å². The molecule has 0 unspecified atom stereocenters. The fraction of sp³-hybridized carbons (Fsp3) is 0.370. The minimum Gasteiger partial charge on any atom is -0.398 e. The lowest BCUT2D eigenvalue weighted by Crippen LogP contribution is -2.46. The molecule has 37 heavy (non-hydrogen) atoms. The zero-order valence-corrected chi connectivity index (χ0v) is 22.8. The molecule has 4 N–H and O–H groups in total. The summed E-state index contributed by atoms with van der Waals surface area (Å²) in [7, 11) is -2.86. The number of carbonyl (C=O) groups excluding carboxylic acids is 2. The summed E-state index contributed by atoms with van der Waals surface area (Å²) in [5.41, 5.74) is 8.45. The summed E-state index contributed by atoms with van der Waals surface area (Å²) in [6, 6.07) is 13.3. The Hall–Kier alpha value is -3.49. The van der Waals surface area contributed by atoms with E-state index in [0.29, 0.717) is 44.5 Å². The van der Waals surface area contributed by atoms with E-state index in [9.17, 15) is 14.9 Å². The highest BCUT2D eigenvalue weighted by Crippen LogP contribution is 2.35. The van der Waals surface area contributed by atoms with Crippen LogP contribution in [0.25, 0.3) is 0 Å². The van der Waals surface area contributed by atoms with E-state index in [2.05, 4.69) is 10.6 Å². The number of nitriles is 1. The van der Waals surface area contributed by atoms with Gasteiger partial charge < -0.3 is 29.6 Å². The van der Waals surface area contributed by atoms with Gasteiger partial charge in [0.1, 0.15) is 17.3 Å². The van der Waals surface area contributed by atoms with Crippen LogP contribution in [0.2, 0.25) is 6.04 Å². The van der Waals surface area contributed by atoms with Crippen molar-refractivity contribution >= 4 is 37.4 Å². The summed E-state index contributed by atoms with van der Waals surface area (Å²) in [6.07, 6.45) is 0.550. The van der Waals surface area contributed by atoms with Gasteiger partial charge in [0, 0.05) is 43.8 Å². The van der Waals surface area contributed by atoms with Crippen LogP contribution >= 0.6 is 0 Å². The number of aryl methyl sites for hydroxylation is 1. The quantitative estimate of drug-likeness (QED) is 0.197. The highest BCUT2D eigenvalue weighted by Gasteiger charge is 2.40. The molecule has 0 spiro atoms. The lowest BCUT2D eigenvalue weighted by molar-refractivity contribution is 0.0708. The molecule has 2 aromatic rings. The van der Waals surface area contributed by atoms with Gasteiger partial charge >= 0.3 is 8.80 Å². The van der Waals surface area contributed by atoms with Gasteiger partial charge in [-0.3, -0.25) is 9.59 Å². The first-order chi connectivity index (χ1) is 17.8. The molecule has 0 aromatic heterocycles. The molecule has 1 aliphatic carbocycles. The molecule has 0 aliphatic heterocycles. The Morgan fingerprint density at radius 3 is 2.11 bits per heavy atom. The van der Waals surface area contributed by atoms with Crippen LogP contribution < -0.4 is 16.4 Å². The summed E-state index contributed by atoms with van der Waals surface area (Å²) < 4.78 is 17.6. The number of rotatable bonds is 13. The van der Waals surface area contributed by atoms with Gasteiger partial charge in [-0.05, 0) is 58.4 Å². The minimum absolute atomic E-state index is 0.0333. The molecule has 0 heterocycles. The van der Waals surface area contributed by atoms with E-state index in [4.69, 9.17) is 19.0 Å². The van der Waals surface area contributed by atoms with Gasteiger partial charge in [-0.15, -0.1) is 0 Å². The number of anilines is 3. The first-order valence-electron chi connectivity index (χ1n) is 12.5. The zero-order valence-electron chi connectivity index (χ0n) is 21.8. The molecule has 2 aromatic carbocycles. The first kappa shape index (κ1) is 28.1. The van der Waals surface area contributed by atoms with Crippen molar-refractivity contribution in [3.05, 3.63) is 64.4 Å². The van der Waals surface area contributed by atoms with E-state index >= 15 is 0 Å². The number of nitrogen functional groups attached to an aromatic ring is 1. The van der Waals surface area contributed by atoms with Gasteiger partial charge in [0.25, 0.3) is 0 Å². The summed E-state index contributed by atoms with van der Waals surface area (Å²) in [4.78, 5) is 27.0. The standard InChI is InChI=1S/C27H34N4O5Si/c1-5-34-37(35-6-2,36-7-3)16-8-15-30-25-20(17-28)26(32)23-21(29)13-14-22(24(23)27(25)33)31-19-11-9-18(4)10-12-19/h9-14,30-31H,5-8,15-16,29H2,1-4H3. The van der Waals surface area contributed by atoms with Gasteiger partial charge in [-0.2, -0.15) is 5.26 Å². The predicted molar refractivity (Wildman–Crippen MR) is 145 cm³/mol. The highest BCUT2D eigenvalue weighted by atomic mass is 28.4. The number of allylic oxidation sites excluding steroid dienone is 2. The maximum Gasteiger partial charge on any atom is 0.500 e. The smallest absolute Gasteiger partial charge is 0.398 e.